The minimum Gasteiger partial charge on any atom is -0.465 e. The molecular formula is C45H54F2N10O5. The summed E-state index contributed by atoms with van der Waals surface area (Å²) in [6.07, 6.45) is 3.56. The maximum atomic E-state index is 14.9. The van der Waals surface area contributed by atoms with E-state index < -0.39 is 23.6 Å². The first-order chi connectivity index (χ1) is 29.8. The number of nitrogens with zero attached hydrogens (tertiary/aromatic N) is 8. The third-order valence-corrected chi connectivity index (χ3v) is 10.9. The zero-order valence-corrected chi connectivity index (χ0v) is 36.0. The first-order valence-electron chi connectivity index (χ1n) is 20.3. The Balaban J connectivity index is 0.000000185. The molecule has 62 heavy (non-hydrogen) atoms. The number of ether oxygens (including phenoxy) is 2. The van der Waals surface area contributed by atoms with Crippen LogP contribution in [-0.2, 0) is 36.7 Å². The van der Waals surface area contributed by atoms with Crippen LogP contribution in [0.4, 0.5) is 25.0 Å². The minimum absolute atomic E-state index is 0.0296. The molecule has 2 fully saturated rings. The lowest BCUT2D eigenvalue weighted by Gasteiger charge is -2.36. The zero-order valence-electron chi connectivity index (χ0n) is 36.0. The Bertz CT molecular complexity index is 2490. The molecule has 2 saturated heterocycles. The van der Waals surface area contributed by atoms with Crippen LogP contribution in [0, 0.1) is 11.6 Å². The predicted molar refractivity (Wildman–Crippen MR) is 235 cm³/mol. The van der Waals surface area contributed by atoms with Gasteiger partial charge in [0.2, 0.25) is 0 Å². The number of esters is 2. The Morgan fingerprint density at radius 2 is 1.21 bits per heavy atom. The summed E-state index contributed by atoms with van der Waals surface area (Å²) in [6, 6.07) is 19.8. The van der Waals surface area contributed by atoms with Gasteiger partial charge in [-0.1, -0.05) is 12.1 Å². The van der Waals surface area contributed by atoms with Gasteiger partial charge in [0.25, 0.3) is 0 Å². The highest BCUT2D eigenvalue weighted by molar-refractivity contribution is 5.95. The molecule has 4 heterocycles. The summed E-state index contributed by atoms with van der Waals surface area (Å²) in [4.78, 5) is 44.5. The standard InChI is InChI=1S/C23H26FN5O3.C17H16FN3O2.C5H12N2/c1-26-8-10-28(11-9-26)23(31)29(19-7-6-17-14-25-27(2)21(17)13-19)15-18-5-4-16(12-20(18)24)22(30)32-3;1-21-16-8-14(6-5-13(16)10-20-21)19-9-12-4-3-11(7-15(12)18)17(22)23-2;1-7-4-2-6-3-5-7/h4-7,12-14H,8-11,15H2,1-3H3;3-8,10,19H,9H2,1-2H3;6H,2-5H2,1H3. The lowest BCUT2D eigenvalue weighted by atomic mass is 10.1. The van der Waals surface area contributed by atoms with E-state index in [9.17, 15) is 23.2 Å². The Hall–Kier alpha value is -6.43. The van der Waals surface area contributed by atoms with Crippen molar-refractivity contribution in [1.29, 1.82) is 0 Å². The number of fused-ring (bicyclic) bond motifs is 2. The second-order valence-electron chi connectivity index (χ2n) is 15.2. The monoisotopic (exact) mass is 852 g/mol. The number of benzene rings is 4. The van der Waals surface area contributed by atoms with Crippen molar-refractivity contribution in [2.75, 3.05) is 90.9 Å². The molecule has 0 aliphatic carbocycles. The third-order valence-electron chi connectivity index (χ3n) is 10.9. The van der Waals surface area contributed by atoms with E-state index in [1.165, 1.54) is 45.5 Å². The number of nitrogens with one attached hydrogen (secondary N) is 2. The molecule has 2 aliphatic heterocycles. The Morgan fingerprint density at radius 1 is 0.677 bits per heavy atom. The van der Waals surface area contributed by atoms with Crippen LogP contribution in [0.1, 0.15) is 31.8 Å². The second kappa shape index (κ2) is 20.9. The maximum absolute atomic E-state index is 14.9. The number of anilines is 2. The van der Waals surface area contributed by atoms with Crippen LogP contribution >= 0.6 is 0 Å². The van der Waals surface area contributed by atoms with Crippen molar-refractivity contribution in [3.8, 4) is 0 Å². The first kappa shape index (κ1) is 45.1. The fraction of sp³-hybridized carbons (Fsp3) is 0.356. The van der Waals surface area contributed by atoms with Gasteiger partial charge in [0.15, 0.2) is 0 Å². The molecule has 8 rings (SSSR count). The summed E-state index contributed by atoms with van der Waals surface area (Å²) in [7, 11) is 10.4. The SMILES string of the molecule is CN1CCNCC1.COC(=O)c1ccc(CN(C(=O)N2CCN(C)CC2)c2ccc3cnn(C)c3c2)c(F)c1.COC(=O)c1ccc(CNc2ccc3cnn(C)c3c2)c(F)c1. The number of rotatable bonds is 8. The van der Waals surface area contributed by atoms with Crippen molar-refractivity contribution in [3.05, 3.63) is 119 Å². The molecule has 328 valence electrons. The van der Waals surface area contributed by atoms with E-state index >= 15 is 0 Å². The molecule has 0 atom stereocenters. The van der Waals surface area contributed by atoms with Gasteiger partial charge in [-0.3, -0.25) is 14.3 Å². The molecule has 15 nitrogen and oxygen atoms in total. The van der Waals surface area contributed by atoms with Gasteiger partial charge in [0.1, 0.15) is 11.6 Å². The molecule has 0 radical (unpaired) electrons. The minimum atomic E-state index is -0.609. The number of urea groups is 1. The number of aryl methyl sites for hydroxylation is 2. The van der Waals surface area contributed by atoms with Crippen LogP contribution in [0.5, 0.6) is 0 Å². The van der Waals surface area contributed by atoms with Gasteiger partial charge >= 0.3 is 18.0 Å². The lowest BCUT2D eigenvalue weighted by molar-refractivity contribution is 0.0591. The van der Waals surface area contributed by atoms with Gasteiger partial charge in [-0.2, -0.15) is 10.2 Å². The van der Waals surface area contributed by atoms with E-state index in [1.54, 1.807) is 43.7 Å². The number of methoxy groups -OCH3 is 2. The number of likely N-dealkylation sites (N-methyl/N-ethyl adjacent to an activating group) is 2. The van der Waals surface area contributed by atoms with Crippen LogP contribution < -0.4 is 15.5 Å². The number of halogens is 2. The Labute approximate surface area is 359 Å². The van der Waals surface area contributed by atoms with Gasteiger partial charge in [-0.25, -0.2) is 23.2 Å². The number of hydrogen-bond donors (Lipinski definition) is 2. The summed E-state index contributed by atoms with van der Waals surface area (Å²) in [5, 5.41) is 16.9. The lowest BCUT2D eigenvalue weighted by Crippen LogP contribution is -2.52. The van der Waals surface area contributed by atoms with E-state index in [0.717, 1.165) is 59.7 Å². The number of carbonyl (C=O) groups is 3. The topological polar surface area (TPSA) is 142 Å². The van der Waals surface area contributed by atoms with Gasteiger partial charge in [0, 0.05) is 106 Å². The Kier molecular flexibility index (Phi) is 15.2. The van der Waals surface area contributed by atoms with Crippen LogP contribution in [0.2, 0.25) is 0 Å². The normalized spacial score (nSPS) is 14.4. The summed E-state index contributed by atoms with van der Waals surface area (Å²) in [6.45, 7) is 7.85. The molecule has 0 saturated carbocycles. The number of amides is 2. The zero-order chi connectivity index (χ0) is 44.3. The number of hydrogen-bond acceptors (Lipinski definition) is 11. The van der Waals surface area contributed by atoms with E-state index in [1.807, 2.05) is 57.5 Å². The van der Waals surface area contributed by atoms with Crippen molar-refractivity contribution < 1.29 is 32.6 Å². The molecule has 2 aromatic heterocycles. The molecule has 0 spiro atoms. The molecule has 2 N–H and O–H groups in total. The van der Waals surface area contributed by atoms with E-state index in [4.69, 9.17) is 0 Å². The van der Waals surface area contributed by atoms with Crippen LogP contribution in [0.15, 0.2) is 85.2 Å². The fourth-order valence-corrected chi connectivity index (χ4v) is 6.99. The van der Waals surface area contributed by atoms with Gasteiger partial charge in [-0.15, -0.1) is 0 Å². The van der Waals surface area contributed by atoms with E-state index in [-0.39, 0.29) is 23.7 Å². The Morgan fingerprint density at radius 3 is 1.74 bits per heavy atom. The first-order valence-corrected chi connectivity index (χ1v) is 20.3. The van der Waals surface area contributed by atoms with Gasteiger partial charge in [-0.05, 0) is 74.8 Å². The molecule has 0 unspecified atom stereocenters. The van der Waals surface area contributed by atoms with Crippen LogP contribution in [-0.4, -0.2) is 133 Å². The van der Waals surface area contributed by atoms with E-state index in [2.05, 4.69) is 47.2 Å². The number of carbonyl (C=O) groups excluding carboxylic acids is 3. The highest BCUT2D eigenvalue weighted by Crippen LogP contribution is 2.26. The second-order valence-corrected chi connectivity index (χ2v) is 15.2. The predicted octanol–water partition coefficient (Wildman–Crippen LogP) is 5.51. The molecule has 2 amide bonds. The average Bonchev–Trinajstić information content (AvgIpc) is 3.85. The van der Waals surface area contributed by atoms with Crippen LogP contribution in [0.25, 0.3) is 21.8 Å². The smallest absolute Gasteiger partial charge is 0.337 e. The van der Waals surface area contributed by atoms with Gasteiger partial charge in [0.05, 0.1) is 55.3 Å². The molecule has 2 aliphatic rings. The van der Waals surface area contributed by atoms with Crippen molar-refractivity contribution >= 4 is 51.2 Å². The van der Waals surface area contributed by atoms with Crippen molar-refractivity contribution in [1.82, 2.24) is 39.6 Å². The maximum Gasteiger partial charge on any atom is 0.337 e. The third kappa shape index (κ3) is 11.3. The highest BCUT2D eigenvalue weighted by Gasteiger charge is 2.27. The van der Waals surface area contributed by atoms with Crippen molar-refractivity contribution in [3.63, 3.8) is 0 Å². The summed E-state index contributed by atoms with van der Waals surface area (Å²) in [5.41, 5.74) is 4.51. The average molecular weight is 853 g/mol. The van der Waals surface area contributed by atoms with Gasteiger partial charge < -0.3 is 34.8 Å². The molecule has 17 heteroatoms. The van der Waals surface area contributed by atoms with E-state index in [0.29, 0.717) is 36.4 Å². The number of piperazine rings is 2. The van der Waals surface area contributed by atoms with Crippen molar-refractivity contribution in [2.45, 2.75) is 13.1 Å². The van der Waals surface area contributed by atoms with Crippen molar-refractivity contribution in [2.24, 2.45) is 14.1 Å². The number of aromatic nitrogens is 4. The van der Waals surface area contributed by atoms with Crippen LogP contribution in [0.3, 0.4) is 0 Å². The molecule has 0 bridgehead atoms. The largest absolute Gasteiger partial charge is 0.465 e. The summed E-state index contributed by atoms with van der Waals surface area (Å²) >= 11 is 0. The quantitative estimate of drug-likeness (QED) is 0.188. The fourth-order valence-electron chi connectivity index (χ4n) is 6.99. The molecular weight excluding hydrogens is 799 g/mol. The highest BCUT2D eigenvalue weighted by atomic mass is 19.1. The molecule has 6 aromatic rings. The summed E-state index contributed by atoms with van der Waals surface area (Å²) < 4.78 is 41.7. The summed E-state index contributed by atoms with van der Waals surface area (Å²) in [5.74, 6) is -2.17. The molecule has 4 aromatic carbocycles.